The zero-order valence-electron chi connectivity index (χ0n) is 10.9. The predicted molar refractivity (Wildman–Crippen MR) is 68.9 cm³/mol. The number of nitrogens with one attached hydrogen (secondary N) is 2. The van der Waals surface area contributed by atoms with Crippen molar-refractivity contribution in [1.29, 1.82) is 0 Å². The maximum Gasteiger partial charge on any atom is 0.237 e. The summed E-state index contributed by atoms with van der Waals surface area (Å²) in [5.41, 5.74) is 0. The third-order valence-electron chi connectivity index (χ3n) is 3.93. The molecule has 0 aromatic heterocycles. The molecule has 2 fully saturated rings. The van der Waals surface area contributed by atoms with Crippen molar-refractivity contribution in [1.82, 2.24) is 15.5 Å². The first-order valence-electron chi connectivity index (χ1n) is 7.05. The summed E-state index contributed by atoms with van der Waals surface area (Å²) in [5, 5.41) is 6.52. The van der Waals surface area contributed by atoms with E-state index >= 15 is 0 Å². The van der Waals surface area contributed by atoms with E-state index in [2.05, 4.69) is 22.5 Å². The van der Waals surface area contributed by atoms with Crippen LogP contribution in [-0.2, 0) is 4.79 Å². The van der Waals surface area contributed by atoms with E-state index in [-0.39, 0.29) is 11.9 Å². The van der Waals surface area contributed by atoms with Crippen LogP contribution in [0, 0.1) is 0 Å². The van der Waals surface area contributed by atoms with E-state index in [9.17, 15) is 4.79 Å². The van der Waals surface area contributed by atoms with Crippen LogP contribution in [0.2, 0.25) is 0 Å². The summed E-state index contributed by atoms with van der Waals surface area (Å²) in [7, 11) is 0. The average molecular weight is 239 g/mol. The van der Waals surface area contributed by atoms with Crippen LogP contribution >= 0.6 is 0 Å². The van der Waals surface area contributed by atoms with Crippen LogP contribution in [0.4, 0.5) is 0 Å². The molecule has 0 spiro atoms. The molecule has 98 valence electrons. The number of hydrogen-bond donors (Lipinski definition) is 2. The number of amides is 1. The van der Waals surface area contributed by atoms with Crippen LogP contribution in [0.3, 0.4) is 0 Å². The molecule has 2 aliphatic rings. The number of rotatable bonds is 3. The maximum atomic E-state index is 12.1. The molecule has 2 unspecified atom stereocenters. The monoisotopic (exact) mass is 239 g/mol. The van der Waals surface area contributed by atoms with E-state index in [4.69, 9.17) is 0 Å². The fraction of sp³-hybridized carbons (Fsp3) is 0.923. The molecule has 0 aromatic rings. The molecule has 0 aromatic carbocycles. The molecule has 2 aliphatic heterocycles. The Hall–Kier alpha value is -0.610. The molecule has 0 radical (unpaired) electrons. The standard InChI is InChI=1S/C13H25N3O/c1-2-16-9-5-6-11(10-16)15-13(17)12-7-3-4-8-14-12/h11-12,14H,2-10H2,1H3,(H,15,17). The number of likely N-dealkylation sites (tertiary alicyclic amines) is 1. The number of carbonyl (C=O) groups excluding carboxylic acids is 1. The van der Waals surface area contributed by atoms with Crippen LogP contribution in [0.25, 0.3) is 0 Å². The second kappa shape index (κ2) is 6.36. The Morgan fingerprint density at radius 1 is 1.35 bits per heavy atom. The van der Waals surface area contributed by atoms with Gasteiger partial charge in [-0.3, -0.25) is 4.79 Å². The summed E-state index contributed by atoms with van der Waals surface area (Å²) in [6.07, 6.45) is 5.72. The summed E-state index contributed by atoms with van der Waals surface area (Å²) >= 11 is 0. The van der Waals surface area contributed by atoms with Gasteiger partial charge in [-0.15, -0.1) is 0 Å². The molecule has 2 rings (SSSR count). The highest BCUT2D eigenvalue weighted by molar-refractivity contribution is 5.82. The van der Waals surface area contributed by atoms with Crippen molar-refractivity contribution < 1.29 is 4.79 Å². The van der Waals surface area contributed by atoms with Gasteiger partial charge in [0.25, 0.3) is 0 Å². The Bertz CT molecular complexity index is 251. The first kappa shape index (κ1) is 12.8. The lowest BCUT2D eigenvalue weighted by molar-refractivity contribution is -0.124. The normalized spacial score (nSPS) is 31.1. The summed E-state index contributed by atoms with van der Waals surface area (Å²) in [4.78, 5) is 14.5. The Morgan fingerprint density at radius 2 is 2.24 bits per heavy atom. The Balaban J connectivity index is 1.77. The largest absolute Gasteiger partial charge is 0.351 e. The van der Waals surface area contributed by atoms with Gasteiger partial charge in [0.15, 0.2) is 0 Å². The van der Waals surface area contributed by atoms with E-state index in [1.54, 1.807) is 0 Å². The van der Waals surface area contributed by atoms with Gasteiger partial charge in [0.1, 0.15) is 0 Å². The zero-order valence-corrected chi connectivity index (χ0v) is 10.9. The quantitative estimate of drug-likeness (QED) is 0.763. The lowest BCUT2D eigenvalue weighted by atomic mass is 10.0. The summed E-state index contributed by atoms with van der Waals surface area (Å²) in [6.45, 7) is 6.48. The molecule has 2 saturated heterocycles. The van der Waals surface area contributed by atoms with Crippen molar-refractivity contribution in [2.75, 3.05) is 26.2 Å². The highest BCUT2D eigenvalue weighted by atomic mass is 16.2. The smallest absolute Gasteiger partial charge is 0.237 e. The topological polar surface area (TPSA) is 44.4 Å². The number of likely N-dealkylation sites (N-methyl/N-ethyl adjacent to an activating group) is 1. The number of hydrogen-bond acceptors (Lipinski definition) is 3. The molecule has 4 nitrogen and oxygen atoms in total. The minimum absolute atomic E-state index is 0.0563. The van der Waals surface area contributed by atoms with E-state index in [0.717, 1.165) is 32.5 Å². The van der Waals surface area contributed by atoms with Gasteiger partial charge < -0.3 is 15.5 Å². The predicted octanol–water partition coefficient (Wildman–Crippen LogP) is 0.729. The van der Waals surface area contributed by atoms with E-state index in [0.29, 0.717) is 6.04 Å². The summed E-state index contributed by atoms with van der Waals surface area (Å²) < 4.78 is 0. The molecule has 2 heterocycles. The molecule has 4 heteroatoms. The molecule has 0 aliphatic carbocycles. The van der Waals surface area contributed by atoms with Crippen molar-refractivity contribution in [3.63, 3.8) is 0 Å². The van der Waals surface area contributed by atoms with Gasteiger partial charge in [-0.05, 0) is 45.3 Å². The summed E-state index contributed by atoms with van der Waals surface area (Å²) in [6, 6.07) is 0.417. The van der Waals surface area contributed by atoms with Crippen molar-refractivity contribution in [2.24, 2.45) is 0 Å². The maximum absolute atomic E-state index is 12.1. The molecule has 0 saturated carbocycles. The molecule has 0 bridgehead atoms. The number of piperidine rings is 2. The van der Waals surface area contributed by atoms with Gasteiger partial charge in [-0.2, -0.15) is 0 Å². The van der Waals surface area contributed by atoms with Crippen LogP contribution in [0.5, 0.6) is 0 Å². The Morgan fingerprint density at radius 3 is 2.94 bits per heavy atom. The second-order valence-corrected chi connectivity index (χ2v) is 5.24. The van der Waals surface area contributed by atoms with Crippen molar-refractivity contribution >= 4 is 5.91 Å². The van der Waals surface area contributed by atoms with Gasteiger partial charge in [-0.25, -0.2) is 0 Å². The fourth-order valence-electron chi connectivity index (χ4n) is 2.84. The summed E-state index contributed by atoms with van der Waals surface area (Å²) in [5.74, 6) is 0.215. The van der Waals surface area contributed by atoms with Crippen LogP contribution in [0.1, 0.15) is 39.0 Å². The van der Waals surface area contributed by atoms with Crippen LogP contribution in [0.15, 0.2) is 0 Å². The highest BCUT2D eigenvalue weighted by Gasteiger charge is 2.25. The van der Waals surface area contributed by atoms with E-state index in [1.165, 1.54) is 25.8 Å². The Kier molecular flexibility index (Phi) is 4.80. The molecule has 1 amide bonds. The molecular weight excluding hydrogens is 214 g/mol. The molecule has 2 N–H and O–H groups in total. The first-order valence-corrected chi connectivity index (χ1v) is 7.05. The van der Waals surface area contributed by atoms with Crippen LogP contribution in [-0.4, -0.2) is 49.1 Å². The lowest BCUT2D eigenvalue weighted by Gasteiger charge is -2.33. The Labute approximate surface area is 104 Å². The molecule has 2 atom stereocenters. The van der Waals surface area contributed by atoms with Gasteiger partial charge >= 0.3 is 0 Å². The molecular formula is C13H25N3O. The first-order chi connectivity index (χ1) is 8.29. The van der Waals surface area contributed by atoms with Gasteiger partial charge in [0.2, 0.25) is 5.91 Å². The fourth-order valence-corrected chi connectivity index (χ4v) is 2.84. The second-order valence-electron chi connectivity index (χ2n) is 5.24. The van der Waals surface area contributed by atoms with Crippen molar-refractivity contribution in [3.05, 3.63) is 0 Å². The third-order valence-corrected chi connectivity index (χ3v) is 3.93. The number of nitrogens with zero attached hydrogens (tertiary/aromatic N) is 1. The SMILES string of the molecule is CCN1CCCC(NC(=O)C2CCCCN2)C1. The van der Waals surface area contributed by atoms with E-state index in [1.807, 2.05) is 0 Å². The van der Waals surface area contributed by atoms with Crippen LogP contribution < -0.4 is 10.6 Å². The van der Waals surface area contributed by atoms with Gasteiger partial charge in [-0.1, -0.05) is 13.3 Å². The van der Waals surface area contributed by atoms with Crippen molar-refractivity contribution in [2.45, 2.75) is 51.1 Å². The van der Waals surface area contributed by atoms with Crippen molar-refractivity contribution in [3.8, 4) is 0 Å². The molecule has 17 heavy (non-hydrogen) atoms. The van der Waals surface area contributed by atoms with E-state index < -0.39 is 0 Å². The highest BCUT2D eigenvalue weighted by Crippen LogP contribution is 2.11. The van der Waals surface area contributed by atoms with Gasteiger partial charge in [0.05, 0.1) is 6.04 Å². The third kappa shape index (κ3) is 3.68. The minimum Gasteiger partial charge on any atom is -0.351 e. The number of carbonyl (C=O) groups is 1. The average Bonchev–Trinajstić information content (AvgIpc) is 2.40. The zero-order chi connectivity index (χ0) is 12.1. The van der Waals surface area contributed by atoms with Gasteiger partial charge in [0, 0.05) is 12.6 Å². The minimum atomic E-state index is 0.0563. The lowest BCUT2D eigenvalue weighted by Crippen LogP contribution is -2.53.